The molecule has 2 atom stereocenters. The molecular weight excluding hydrogens is 488 g/mol. The number of amides is 1. The Morgan fingerprint density at radius 1 is 1.00 bits per heavy atom. The number of benzene rings is 2. The van der Waals surface area contributed by atoms with Gasteiger partial charge in [-0.05, 0) is 49.6 Å². The fraction of sp³-hybridized carbons (Fsp3) is 0.308. The molecule has 11 heteroatoms. The van der Waals surface area contributed by atoms with E-state index in [1.807, 2.05) is 13.8 Å². The predicted octanol–water partition coefficient (Wildman–Crippen LogP) is 5.15. The summed E-state index contributed by atoms with van der Waals surface area (Å²) >= 11 is 0. The summed E-state index contributed by atoms with van der Waals surface area (Å²) in [6.07, 6.45) is 4.33. The number of aromatic nitrogens is 5. The maximum Gasteiger partial charge on any atom is 0.257 e. The number of carbonyl (C=O) groups is 1. The Hall–Kier alpha value is -4.02. The van der Waals surface area contributed by atoms with E-state index in [1.165, 1.54) is 40.1 Å². The van der Waals surface area contributed by atoms with Gasteiger partial charge in [-0.2, -0.15) is 20.1 Å². The van der Waals surface area contributed by atoms with Gasteiger partial charge in [-0.25, -0.2) is 17.6 Å². The van der Waals surface area contributed by atoms with Crippen LogP contribution in [0.1, 0.15) is 54.3 Å². The summed E-state index contributed by atoms with van der Waals surface area (Å²) in [4.78, 5) is 17.0. The van der Waals surface area contributed by atoms with E-state index in [-0.39, 0.29) is 17.2 Å². The highest BCUT2D eigenvalue weighted by atomic mass is 19.2. The molecule has 0 saturated heterocycles. The number of rotatable bonds is 5. The van der Waals surface area contributed by atoms with Gasteiger partial charge in [-0.15, -0.1) is 0 Å². The molecule has 2 unspecified atom stereocenters. The molecule has 5 rings (SSSR count). The number of hydrogen-bond acceptors (Lipinski definition) is 4. The molecule has 1 amide bonds. The average Bonchev–Trinajstić information content (AvgIpc) is 3.52. The largest absolute Gasteiger partial charge is 0.327 e. The molecule has 0 radical (unpaired) electrons. The van der Waals surface area contributed by atoms with Crippen molar-refractivity contribution in [2.45, 2.75) is 45.2 Å². The molecule has 4 aromatic rings. The summed E-state index contributed by atoms with van der Waals surface area (Å²) < 4.78 is 57.6. The molecule has 3 heterocycles. The first kappa shape index (κ1) is 24.7. The second kappa shape index (κ2) is 9.45. The fourth-order valence-electron chi connectivity index (χ4n) is 5.20. The average molecular weight is 513 g/mol. The van der Waals surface area contributed by atoms with E-state index in [9.17, 15) is 22.4 Å². The molecular formula is C26H24F4N6O. The molecule has 192 valence electrons. The van der Waals surface area contributed by atoms with E-state index in [0.717, 1.165) is 17.7 Å². The van der Waals surface area contributed by atoms with Gasteiger partial charge < -0.3 is 4.90 Å². The van der Waals surface area contributed by atoms with Crippen molar-refractivity contribution in [3.63, 3.8) is 0 Å². The minimum atomic E-state index is -1.54. The van der Waals surface area contributed by atoms with Crippen molar-refractivity contribution in [1.29, 1.82) is 0 Å². The number of hydrogen-bond donors (Lipinski definition) is 0. The molecule has 37 heavy (non-hydrogen) atoms. The van der Waals surface area contributed by atoms with Crippen molar-refractivity contribution in [2.24, 2.45) is 7.05 Å². The summed E-state index contributed by atoms with van der Waals surface area (Å²) in [7, 11) is 1.64. The van der Waals surface area contributed by atoms with Gasteiger partial charge in [0.15, 0.2) is 17.5 Å². The third-order valence-electron chi connectivity index (χ3n) is 6.83. The van der Waals surface area contributed by atoms with Crippen molar-refractivity contribution in [1.82, 2.24) is 29.7 Å². The number of nitrogens with zero attached hydrogens (tertiary/aromatic N) is 6. The molecule has 1 aliphatic heterocycles. The molecule has 0 aliphatic carbocycles. The van der Waals surface area contributed by atoms with Gasteiger partial charge in [-0.1, -0.05) is 13.8 Å². The summed E-state index contributed by atoms with van der Waals surface area (Å²) in [5.41, 5.74) is 2.39. The summed E-state index contributed by atoms with van der Waals surface area (Å²) in [5.74, 6) is -5.09. The first-order valence-electron chi connectivity index (χ1n) is 11.9. The van der Waals surface area contributed by atoms with Crippen LogP contribution < -0.4 is 0 Å². The molecule has 0 saturated carbocycles. The van der Waals surface area contributed by atoms with E-state index in [1.54, 1.807) is 11.9 Å². The van der Waals surface area contributed by atoms with Crippen LogP contribution in [0.25, 0.3) is 16.9 Å². The zero-order valence-electron chi connectivity index (χ0n) is 20.4. The van der Waals surface area contributed by atoms with E-state index < -0.39 is 35.2 Å². The Bertz CT molecular complexity index is 1460. The molecule has 2 aromatic carbocycles. The van der Waals surface area contributed by atoms with Crippen molar-refractivity contribution in [3.8, 4) is 16.9 Å². The van der Waals surface area contributed by atoms with Gasteiger partial charge in [0.25, 0.3) is 5.91 Å². The van der Waals surface area contributed by atoms with Crippen LogP contribution in [0, 0.1) is 23.3 Å². The van der Waals surface area contributed by atoms with Crippen LogP contribution in [-0.2, 0) is 13.5 Å². The molecule has 0 fully saturated rings. The monoisotopic (exact) mass is 512 g/mol. The number of fused-ring (bicyclic) bond motifs is 1. The van der Waals surface area contributed by atoms with Crippen LogP contribution in [0.4, 0.5) is 17.6 Å². The zero-order chi connectivity index (χ0) is 26.4. The normalized spacial score (nSPS) is 17.2. The third-order valence-corrected chi connectivity index (χ3v) is 6.83. The SMILES string of the molecule is CCC1Cc2c(nn(C)c2-c2cc(F)c(F)c(F)c2)C(CC)N1C(=O)c1cc(F)ccc1-n1nccn1. The molecule has 7 nitrogen and oxygen atoms in total. The molecule has 2 aromatic heterocycles. The third kappa shape index (κ3) is 4.08. The Kier molecular flexibility index (Phi) is 6.30. The van der Waals surface area contributed by atoms with E-state index in [4.69, 9.17) is 0 Å². The van der Waals surface area contributed by atoms with Gasteiger partial charge in [0.05, 0.1) is 41.1 Å². The van der Waals surface area contributed by atoms with E-state index in [0.29, 0.717) is 36.3 Å². The lowest BCUT2D eigenvalue weighted by atomic mass is 9.87. The quantitative estimate of drug-likeness (QED) is 0.274. The number of aryl methyl sites for hydroxylation is 1. The summed E-state index contributed by atoms with van der Waals surface area (Å²) in [5, 5.41) is 12.8. The Morgan fingerprint density at radius 2 is 1.68 bits per heavy atom. The van der Waals surface area contributed by atoms with Crippen molar-refractivity contribution in [3.05, 3.63) is 82.8 Å². The second-order valence-corrected chi connectivity index (χ2v) is 8.97. The topological polar surface area (TPSA) is 68.8 Å². The fourth-order valence-corrected chi connectivity index (χ4v) is 5.20. The Labute approximate surface area is 210 Å². The predicted molar refractivity (Wildman–Crippen MR) is 127 cm³/mol. The standard InChI is InChI=1S/C26H24F4N6O/c1-4-16-13-18-24(33-34(3)25(18)14-10-19(28)23(30)20(29)11-14)21(5-2)35(16)26(37)17-12-15(27)6-7-22(17)36-31-8-9-32-36/h6-12,16,21H,4-5,13H2,1-3H3. The van der Waals surface area contributed by atoms with E-state index >= 15 is 0 Å². The van der Waals surface area contributed by atoms with Gasteiger partial charge in [-0.3, -0.25) is 9.48 Å². The van der Waals surface area contributed by atoms with Crippen LogP contribution in [0.15, 0.2) is 42.7 Å². The van der Waals surface area contributed by atoms with Gasteiger partial charge in [0, 0.05) is 24.2 Å². The summed E-state index contributed by atoms with van der Waals surface area (Å²) in [6.45, 7) is 3.83. The highest BCUT2D eigenvalue weighted by molar-refractivity contribution is 5.98. The number of carbonyl (C=O) groups excluding carboxylic acids is 1. The maximum atomic E-state index is 14.3. The molecule has 0 N–H and O–H groups in total. The smallest absolute Gasteiger partial charge is 0.257 e. The van der Waals surface area contributed by atoms with Crippen LogP contribution in [0.3, 0.4) is 0 Å². The zero-order valence-corrected chi connectivity index (χ0v) is 20.4. The molecule has 0 bridgehead atoms. The highest BCUT2D eigenvalue weighted by Gasteiger charge is 2.41. The minimum absolute atomic E-state index is 0.107. The van der Waals surface area contributed by atoms with Crippen LogP contribution in [0.2, 0.25) is 0 Å². The lowest BCUT2D eigenvalue weighted by molar-refractivity contribution is 0.0512. The van der Waals surface area contributed by atoms with Crippen molar-refractivity contribution in [2.75, 3.05) is 0 Å². The van der Waals surface area contributed by atoms with E-state index in [2.05, 4.69) is 15.3 Å². The first-order valence-corrected chi connectivity index (χ1v) is 11.9. The Morgan fingerprint density at radius 3 is 2.30 bits per heavy atom. The first-order chi connectivity index (χ1) is 17.7. The lowest BCUT2D eigenvalue weighted by Crippen LogP contribution is -2.47. The number of halogens is 4. The van der Waals surface area contributed by atoms with Crippen LogP contribution in [0.5, 0.6) is 0 Å². The van der Waals surface area contributed by atoms with Crippen molar-refractivity contribution >= 4 is 5.91 Å². The molecule has 1 aliphatic rings. The van der Waals surface area contributed by atoms with Crippen LogP contribution in [-0.4, -0.2) is 41.6 Å². The lowest BCUT2D eigenvalue weighted by Gasteiger charge is -2.41. The maximum absolute atomic E-state index is 14.3. The van der Waals surface area contributed by atoms with Crippen LogP contribution >= 0.6 is 0 Å². The van der Waals surface area contributed by atoms with Gasteiger partial charge in [0.2, 0.25) is 0 Å². The molecule has 0 spiro atoms. The second-order valence-electron chi connectivity index (χ2n) is 8.97. The van der Waals surface area contributed by atoms with Gasteiger partial charge in [0.1, 0.15) is 5.82 Å². The minimum Gasteiger partial charge on any atom is -0.327 e. The van der Waals surface area contributed by atoms with Gasteiger partial charge >= 0.3 is 0 Å². The summed E-state index contributed by atoms with van der Waals surface area (Å²) in [6, 6.07) is 4.96. The van der Waals surface area contributed by atoms with Crippen molar-refractivity contribution < 1.29 is 22.4 Å². The Balaban J connectivity index is 1.63. The highest BCUT2D eigenvalue weighted by Crippen LogP contribution is 2.41.